The van der Waals surface area contributed by atoms with Gasteiger partial charge in [-0.3, -0.25) is 4.79 Å². The molecule has 0 atom stereocenters. The average molecular weight is 390 g/mol. The van der Waals surface area contributed by atoms with Gasteiger partial charge in [-0.15, -0.1) is 0 Å². The number of esters is 3. The predicted octanol–water partition coefficient (Wildman–Crippen LogP) is 2.95. The van der Waals surface area contributed by atoms with Crippen LogP contribution in [0.4, 0.5) is 4.39 Å². The lowest BCUT2D eigenvalue weighted by molar-refractivity contribution is -0.134. The maximum absolute atomic E-state index is 13.7. The van der Waals surface area contributed by atoms with Gasteiger partial charge in [0.05, 0.1) is 32.5 Å². The number of halogens is 1. The Morgan fingerprint density at radius 3 is 2.00 bits per heavy atom. The summed E-state index contributed by atoms with van der Waals surface area (Å²) in [6, 6.07) is 8.22. The van der Waals surface area contributed by atoms with Crippen LogP contribution in [-0.2, 0) is 20.7 Å². The molecule has 0 amide bonds. The van der Waals surface area contributed by atoms with Crippen molar-refractivity contribution in [3.8, 4) is 11.5 Å². The summed E-state index contributed by atoms with van der Waals surface area (Å²) in [6.45, 7) is 0. The summed E-state index contributed by atoms with van der Waals surface area (Å²) in [5.74, 6) is -2.43. The van der Waals surface area contributed by atoms with Crippen molar-refractivity contribution in [2.75, 3.05) is 21.3 Å². The van der Waals surface area contributed by atoms with Gasteiger partial charge in [-0.2, -0.15) is 0 Å². The van der Waals surface area contributed by atoms with Gasteiger partial charge in [0, 0.05) is 6.42 Å². The van der Waals surface area contributed by atoms with Gasteiger partial charge >= 0.3 is 17.9 Å². The van der Waals surface area contributed by atoms with Crippen molar-refractivity contribution >= 4 is 17.9 Å². The molecule has 8 heteroatoms. The summed E-state index contributed by atoms with van der Waals surface area (Å²) in [5.41, 5.74) is 0.657. The summed E-state index contributed by atoms with van der Waals surface area (Å²) >= 11 is 0. The van der Waals surface area contributed by atoms with Gasteiger partial charge in [0.1, 0.15) is 5.75 Å². The summed E-state index contributed by atoms with van der Waals surface area (Å²) in [6.07, 6.45) is 0.197. The summed E-state index contributed by atoms with van der Waals surface area (Å²) in [7, 11) is 3.74. The van der Waals surface area contributed by atoms with E-state index in [-0.39, 0.29) is 35.5 Å². The van der Waals surface area contributed by atoms with Gasteiger partial charge in [0.15, 0.2) is 11.6 Å². The third-order valence-corrected chi connectivity index (χ3v) is 3.81. The minimum Gasteiger partial charge on any atom is -0.494 e. The number of carbonyl (C=O) groups is 3. The summed E-state index contributed by atoms with van der Waals surface area (Å²) in [4.78, 5) is 35.6. The number of carbonyl (C=O) groups excluding carboxylic acids is 3. The fourth-order valence-electron chi connectivity index (χ4n) is 2.42. The van der Waals surface area contributed by atoms with Crippen LogP contribution in [0.2, 0.25) is 0 Å². The lowest BCUT2D eigenvalue weighted by Gasteiger charge is -2.09. The van der Waals surface area contributed by atoms with Crippen molar-refractivity contribution in [1.29, 1.82) is 0 Å². The molecule has 0 radical (unpaired) electrons. The minimum absolute atomic E-state index is 0.00536. The number of methoxy groups -OCH3 is 3. The second-order valence-corrected chi connectivity index (χ2v) is 5.67. The fraction of sp³-hybridized carbons (Fsp3) is 0.250. The van der Waals surface area contributed by atoms with Gasteiger partial charge in [-0.05, 0) is 42.3 Å². The molecule has 0 aromatic heterocycles. The van der Waals surface area contributed by atoms with E-state index >= 15 is 0 Å². The molecule has 148 valence electrons. The lowest BCUT2D eigenvalue weighted by atomic mass is 10.1. The highest BCUT2D eigenvalue weighted by Gasteiger charge is 2.16. The van der Waals surface area contributed by atoms with Crippen LogP contribution in [0.5, 0.6) is 11.5 Å². The van der Waals surface area contributed by atoms with Gasteiger partial charge in [0.2, 0.25) is 0 Å². The molecule has 28 heavy (non-hydrogen) atoms. The van der Waals surface area contributed by atoms with Crippen molar-refractivity contribution in [3.05, 3.63) is 58.9 Å². The molecule has 2 aromatic carbocycles. The topological polar surface area (TPSA) is 88.1 Å². The Hall–Kier alpha value is -3.42. The molecule has 0 saturated heterocycles. The fourth-order valence-corrected chi connectivity index (χ4v) is 2.42. The Labute approximate surface area is 161 Å². The van der Waals surface area contributed by atoms with Crippen LogP contribution in [0.25, 0.3) is 0 Å². The van der Waals surface area contributed by atoms with E-state index in [0.29, 0.717) is 5.56 Å². The molecule has 0 heterocycles. The second kappa shape index (κ2) is 9.50. The highest BCUT2D eigenvalue weighted by atomic mass is 19.1. The zero-order valence-corrected chi connectivity index (χ0v) is 15.6. The molecule has 0 N–H and O–H groups in total. The average Bonchev–Trinajstić information content (AvgIpc) is 2.70. The van der Waals surface area contributed by atoms with Crippen LogP contribution >= 0.6 is 0 Å². The Bertz CT molecular complexity index is 858. The summed E-state index contributed by atoms with van der Waals surface area (Å²) < 4.78 is 33.0. The standard InChI is InChI=1S/C20H19FO7/c1-25-17-6-4-12(8-16(17)21)5-7-18(22)28-15-10-13(19(23)26-2)9-14(11-15)20(24)27-3/h4,6,8-11H,5,7H2,1-3H3. The van der Waals surface area contributed by atoms with Crippen molar-refractivity contribution < 1.29 is 37.7 Å². The molecule has 0 aliphatic heterocycles. The van der Waals surface area contributed by atoms with Crippen molar-refractivity contribution in [1.82, 2.24) is 0 Å². The Balaban J connectivity index is 2.10. The first kappa shape index (κ1) is 20.9. The zero-order valence-electron chi connectivity index (χ0n) is 15.6. The van der Waals surface area contributed by atoms with Crippen LogP contribution < -0.4 is 9.47 Å². The maximum Gasteiger partial charge on any atom is 0.338 e. The Morgan fingerprint density at radius 2 is 1.50 bits per heavy atom. The van der Waals surface area contributed by atoms with E-state index in [1.54, 1.807) is 6.07 Å². The first-order valence-electron chi connectivity index (χ1n) is 8.22. The molecule has 7 nitrogen and oxygen atoms in total. The van der Waals surface area contributed by atoms with Crippen LogP contribution in [0.3, 0.4) is 0 Å². The Kier molecular flexibility index (Phi) is 7.08. The van der Waals surface area contributed by atoms with E-state index in [4.69, 9.17) is 9.47 Å². The third kappa shape index (κ3) is 5.29. The molecule has 2 rings (SSSR count). The first-order valence-corrected chi connectivity index (χ1v) is 8.22. The molecule has 0 saturated carbocycles. The van der Waals surface area contributed by atoms with Crippen LogP contribution in [0, 0.1) is 5.82 Å². The highest BCUT2D eigenvalue weighted by molar-refractivity contribution is 5.96. The smallest absolute Gasteiger partial charge is 0.338 e. The maximum atomic E-state index is 13.7. The quantitative estimate of drug-likeness (QED) is 0.530. The van der Waals surface area contributed by atoms with Crippen molar-refractivity contribution in [2.24, 2.45) is 0 Å². The van der Waals surface area contributed by atoms with Crippen LogP contribution in [0.1, 0.15) is 32.7 Å². The number of hydrogen-bond donors (Lipinski definition) is 0. The Morgan fingerprint density at radius 1 is 0.893 bits per heavy atom. The monoisotopic (exact) mass is 390 g/mol. The molecule has 0 aliphatic carbocycles. The molecule has 0 unspecified atom stereocenters. The summed E-state index contributed by atoms with van der Waals surface area (Å²) in [5, 5.41) is 0. The first-order chi connectivity index (χ1) is 13.4. The second-order valence-electron chi connectivity index (χ2n) is 5.67. The van der Waals surface area contributed by atoms with E-state index < -0.39 is 23.7 Å². The number of benzene rings is 2. The van der Waals surface area contributed by atoms with E-state index in [2.05, 4.69) is 9.47 Å². The highest BCUT2D eigenvalue weighted by Crippen LogP contribution is 2.21. The molecular weight excluding hydrogens is 371 g/mol. The van der Waals surface area contributed by atoms with Crippen LogP contribution in [-0.4, -0.2) is 39.2 Å². The normalized spacial score (nSPS) is 10.1. The third-order valence-electron chi connectivity index (χ3n) is 3.81. The van der Waals surface area contributed by atoms with Gasteiger partial charge in [-0.1, -0.05) is 6.07 Å². The largest absolute Gasteiger partial charge is 0.494 e. The number of ether oxygens (including phenoxy) is 4. The molecule has 0 fully saturated rings. The predicted molar refractivity (Wildman–Crippen MR) is 96.0 cm³/mol. The van der Waals surface area contributed by atoms with Gasteiger partial charge in [0.25, 0.3) is 0 Å². The molecule has 0 aliphatic rings. The van der Waals surface area contributed by atoms with Crippen LogP contribution in [0.15, 0.2) is 36.4 Å². The van der Waals surface area contributed by atoms with Crippen molar-refractivity contribution in [2.45, 2.75) is 12.8 Å². The van der Waals surface area contributed by atoms with E-state index in [0.717, 1.165) is 0 Å². The van der Waals surface area contributed by atoms with Gasteiger partial charge in [-0.25, -0.2) is 14.0 Å². The molecule has 2 aromatic rings. The number of hydrogen-bond acceptors (Lipinski definition) is 7. The molecule has 0 bridgehead atoms. The molecule has 0 spiro atoms. The minimum atomic E-state index is -0.697. The SMILES string of the molecule is COC(=O)c1cc(OC(=O)CCc2ccc(OC)c(F)c2)cc(C(=O)OC)c1. The zero-order chi connectivity index (χ0) is 20.7. The number of rotatable bonds is 7. The van der Waals surface area contributed by atoms with E-state index in [1.165, 1.54) is 51.7 Å². The van der Waals surface area contributed by atoms with Crippen molar-refractivity contribution in [3.63, 3.8) is 0 Å². The van der Waals surface area contributed by atoms with E-state index in [9.17, 15) is 18.8 Å². The van der Waals surface area contributed by atoms with E-state index in [1.807, 2.05) is 0 Å². The molecular formula is C20H19FO7. The number of aryl methyl sites for hydroxylation is 1. The lowest BCUT2D eigenvalue weighted by Crippen LogP contribution is -2.12. The van der Waals surface area contributed by atoms with Gasteiger partial charge < -0.3 is 18.9 Å².